The third-order valence-corrected chi connectivity index (χ3v) is 3.57. The molecule has 1 heterocycles. The first-order chi connectivity index (χ1) is 10.1. The Kier molecular flexibility index (Phi) is 3.82. The van der Waals surface area contributed by atoms with Crippen molar-refractivity contribution < 1.29 is 8.78 Å². The molecule has 1 aliphatic carbocycles. The van der Waals surface area contributed by atoms with E-state index in [0.717, 1.165) is 18.4 Å². The van der Waals surface area contributed by atoms with Crippen LogP contribution in [0.2, 0.25) is 0 Å². The molecule has 110 valence electrons. The Hall–Kier alpha value is -2.04. The van der Waals surface area contributed by atoms with Gasteiger partial charge in [-0.1, -0.05) is 30.3 Å². The average molecular weight is 289 g/mol. The first kappa shape index (κ1) is 13.9. The number of rotatable bonds is 5. The van der Waals surface area contributed by atoms with Crippen molar-refractivity contribution in [1.82, 2.24) is 9.97 Å². The zero-order valence-electron chi connectivity index (χ0n) is 11.8. The van der Waals surface area contributed by atoms with Crippen LogP contribution in [0.25, 0.3) is 0 Å². The number of hydrogen-bond donors (Lipinski definition) is 0. The molecule has 3 nitrogen and oxygen atoms in total. The van der Waals surface area contributed by atoms with Crippen molar-refractivity contribution in [3.8, 4) is 0 Å². The van der Waals surface area contributed by atoms with Crippen molar-refractivity contribution in [1.29, 1.82) is 0 Å². The van der Waals surface area contributed by atoms with Crippen LogP contribution in [0.5, 0.6) is 0 Å². The van der Waals surface area contributed by atoms with Gasteiger partial charge >= 0.3 is 0 Å². The van der Waals surface area contributed by atoms with Crippen molar-refractivity contribution in [3.05, 3.63) is 53.5 Å². The lowest BCUT2D eigenvalue weighted by Gasteiger charge is -2.19. The third kappa shape index (κ3) is 3.35. The van der Waals surface area contributed by atoms with E-state index >= 15 is 0 Å². The number of anilines is 1. The van der Waals surface area contributed by atoms with Gasteiger partial charge in [0, 0.05) is 25.6 Å². The minimum atomic E-state index is -2.56. The summed E-state index contributed by atoms with van der Waals surface area (Å²) in [5, 5.41) is 0. The summed E-state index contributed by atoms with van der Waals surface area (Å²) in [6.45, 7) is 0.630. The topological polar surface area (TPSA) is 29.0 Å². The molecule has 0 N–H and O–H groups in total. The van der Waals surface area contributed by atoms with Crippen molar-refractivity contribution in [2.75, 3.05) is 11.9 Å². The molecule has 1 aromatic heterocycles. The summed E-state index contributed by atoms with van der Waals surface area (Å²) in [5.41, 5.74) is 0.937. The molecular formula is C16H17F2N3. The van der Waals surface area contributed by atoms with Crippen LogP contribution < -0.4 is 4.90 Å². The Labute approximate surface area is 122 Å². The Balaban J connectivity index is 1.86. The summed E-state index contributed by atoms with van der Waals surface area (Å²) in [6.07, 6.45) is -0.572. The van der Waals surface area contributed by atoms with E-state index in [1.807, 2.05) is 42.3 Å². The minimum absolute atomic E-state index is 0.179. The summed E-state index contributed by atoms with van der Waals surface area (Å²) < 4.78 is 26.0. The normalized spacial score (nSPS) is 14.5. The molecule has 0 saturated heterocycles. The molecule has 0 aliphatic heterocycles. The largest absolute Gasteiger partial charge is 0.355 e. The van der Waals surface area contributed by atoms with Crippen molar-refractivity contribution in [2.24, 2.45) is 0 Å². The highest BCUT2D eigenvalue weighted by molar-refractivity contribution is 5.41. The second-order valence-electron chi connectivity index (χ2n) is 5.43. The monoisotopic (exact) mass is 289 g/mol. The van der Waals surface area contributed by atoms with Gasteiger partial charge in [-0.3, -0.25) is 0 Å². The lowest BCUT2D eigenvalue weighted by atomic mass is 10.2. The molecule has 0 amide bonds. The minimum Gasteiger partial charge on any atom is -0.355 e. The van der Waals surface area contributed by atoms with Crippen LogP contribution in [0.3, 0.4) is 0 Å². The fourth-order valence-electron chi connectivity index (χ4n) is 2.24. The van der Waals surface area contributed by atoms with Crippen LogP contribution in [-0.4, -0.2) is 17.0 Å². The maximum atomic E-state index is 13.0. The second-order valence-corrected chi connectivity index (χ2v) is 5.43. The van der Waals surface area contributed by atoms with Gasteiger partial charge in [0.15, 0.2) is 0 Å². The van der Waals surface area contributed by atoms with E-state index in [2.05, 4.69) is 9.97 Å². The molecule has 3 rings (SSSR count). The van der Waals surface area contributed by atoms with Gasteiger partial charge in [-0.25, -0.2) is 18.7 Å². The summed E-state index contributed by atoms with van der Waals surface area (Å²) in [7, 11) is 1.86. The smallest absolute Gasteiger partial charge is 0.280 e. The molecule has 0 spiro atoms. The Bertz CT molecular complexity index is 592. The summed E-state index contributed by atoms with van der Waals surface area (Å²) in [6, 6.07) is 11.3. The van der Waals surface area contributed by atoms with Crippen LogP contribution in [0.1, 0.15) is 42.3 Å². The number of benzene rings is 1. The molecule has 1 saturated carbocycles. The molecular weight excluding hydrogens is 272 g/mol. The predicted octanol–water partition coefficient (Wildman–Crippen LogP) is 3.93. The van der Waals surface area contributed by atoms with Crippen molar-refractivity contribution in [3.63, 3.8) is 0 Å². The maximum Gasteiger partial charge on any atom is 0.280 e. The van der Waals surface area contributed by atoms with Gasteiger partial charge in [0.2, 0.25) is 0 Å². The Morgan fingerprint density at radius 3 is 2.52 bits per heavy atom. The van der Waals surface area contributed by atoms with Gasteiger partial charge in [-0.05, 0) is 18.4 Å². The predicted molar refractivity (Wildman–Crippen MR) is 77.5 cm³/mol. The van der Waals surface area contributed by atoms with Crippen LogP contribution in [0.15, 0.2) is 36.4 Å². The fraction of sp³-hybridized carbons (Fsp3) is 0.375. The zero-order valence-corrected chi connectivity index (χ0v) is 11.8. The van der Waals surface area contributed by atoms with E-state index in [1.165, 1.54) is 6.07 Å². The van der Waals surface area contributed by atoms with E-state index in [0.29, 0.717) is 18.2 Å². The van der Waals surface area contributed by atoms with E-state index in [1.54, 1.807) is 0 Å². The van der Waals surface area contributed by atoms with Gasteiger partial charge in [0.1, 0.15) is 17.3 Å². The molecule has 1 fully saturated rings. The fourth-order valence-corrected chi connectivity index (χ4v) is 2.24. The summed E-state index contributed by atoms with van der Waals surface area (Å²) in [4.78, 5) is 10.3. The van der Waals surface area contributed by atoms with E-state index in [9.17, 15) is 8.78 Å². The third-order valence-electron chi connectivity index (χ3n) is 3.57. The van der Waals surface area contributed by atoms with Gasteiger partial charge in [-0.15, -0.1) is 0 Å². The SMILES string of the molecule is CN(Cc1ccccc1)c1cc(C(F)F)nc(C2CC2)n1. The molecule has 0 unspecified atom stereocenters. The van der Waals surface area contributed by atoms with Gasteiger partial charge < -0.3 is 4.90 Å². The zero-order chi connectivity index (χ0) is 14.8. The molecule has 0 radical (unpaired) electrons. The number of hydrogen-bond acceptors (Lipinski definition) is 3. The quantitative estimate of drug-likeness (QED) is 0.835. The summed E-state index contributed by atoms with van der Waals surface area (Å²) >= 11 is 0. The van der Waals surface area contributed by atoms with Crippen LogP contribution >= 0.6 is 0 Å². The van der Waals surface area contributed by atoms with Crippen LogP contribution in [0, 0.1) is 0 Å². The van der Waals surface area contributed by atoms with E-state index in [4.69, 9.17) is 0 Å². The lowest BCUT2D eigenvalue weighted by Crippen LogP contribution is -2.19. The highest BCUT2D eigenvalue weighted by Gasteiger charge is 2.28. The second kappa shape index (κ2) is 5.76. The summed E-state index contributed by atoms with van der Waals surface area (Å²) in [5.74, 6) is 1.38. The van der Waals surface area contributed by atoms with Crippen LogP contribution in [-0.2, 0) is 6.54 Å². The number of alkyl halides is 2. The Morgan fingerprint density at radius 2 is 1.90 bits per heavy atom. The highest BCUT2D eigenvalue weighted by Crippen LogP contribution is 2.39. The molecule has 21 heavy (non-hydrogen) atoms. The molecule has 5 heteroatoms. The molecule has 1 aliphatic rings. The van der Waals surface area contributed by atoms with Crippen molar-refractivity contribution in [2.45, 2.75) is 31.7 Å². The van der Waals surface area contributed by atoms with E-state index in [-0.39, 0.29) is 11.6 Å². The highest BCUT2D eigenvalue weighted by atomic mass is 19.3. The number of halogens is 2. The van der Waals surface area contributed by atoms with Crippen LogP contribution in [0.4, 0.5) is 14.6 Å². The lowest BCUT2D eigenvalue weighted by molar-refractivity contribution is 0.145. The maximum absolute atomic E-state index is 13.0. The average Bonchev–Trinajstić information content (AvgIpc) is 3.32. The number of aromatic nitrogens is 2. The molecule has 0 bridgehead atoms. The van der Waals surface area contributed by atoms with Gasteiger partial charge in [-0.2, -0.15) is 0 Å². The molecule has 0 atom stereocenters. The first-order valence-corrected chi connectivity index (χ1v) is 7.05. The first-order valence-electron chi connectivity index (χ1n) is 7.05. The Morgan fingerprint density at radius 1 is 1.19 bits per heavy atom. The van der Waals surface area contributed by atoms with Crippen molar-refractivity contribution >= 4 is 5.82 Å². The number of nitrogens with zero attached hydrogens (tertiary/aromatic N) is 3. The van der Waals surface area contributed by atoms with E-state index < -0.39 is 6.43 Å². The molecule has 2 aromatic rings. The standard InChI is InChI=1S/C16H17F2N3/c1-21(10-11-5-3-2-4-6-11)14-9-13(15(17)18)19-16(20-14)12-7-8-12/h2-6,9,12,15H,7-8,10H2,1H3. The van der Waals surface area contributed by atoms with Gasteiger partial charge in [0.25, 0.3) is 6.43 Å². The molecule has 1 aromatic carbocycles. The van der Waals surface area contributed by atoms with Gasteiger partial charge in [0.05, 0.1) is 0 Å².